The van der Waals surface area contributed by atoms with Crippen molar-refractivity contribution in [2.24, 2.45) is 0 Å². The van der Waals surface area contributed by atoms with Crippen molar-refractivity contribution in [1.82, 2.24) is 4.98 Å². The van der Waals surface area contributed by atoms with Crippen molar-refractivity contribution in [3.05, 3.63) is 54.4 Å². The Morgan fingerprint density at radius 3 is 3.23 bits per heavy atom. The van der Waals surface area contributed by atoms with Crippen LogP contribution in [0.4, 0.5) is 0 Å². The van der Waals surface area contributed by atoms with Gasteiger partial charge in [-0.05, 0) is 11.6 Å². The maximum absolute atomic E-state index is 5.54. The van der Waals surface area contributed by atoms with Crippen LogP contribution in [0.15, 0.2) is 48.8 Å². The van der Waals surface area contributed by atoms with E-state index in [0.717, 1.165) is 11.1 Å². The molecule has 2 rings (SSSR count). The Bertz CT molecular complexity index is 329. The molecule has 1 aliphatic heterocycles. The summed E-state index contributed by atoms with van der Waals surface area (Å²) in [6.45, 7) is 4.42. The van der Waals surface area contributed by atoms with Crippen LogP contribution >= 0.6 is 0 Å². The van der Waals surface area contributed by atoms with Crippen LogP contribution in [0.3, 0.4) is 0 Å². The second-order valence-corrected chi connectivity index (χ2v) is 2.91. The van der Waals surface area contributed by atoms with Crippen molar-refractivity contribution in [3.8, 4) is 0 Å². The van der Waals surface area contributed by atoms with Gasteiger partial charge in [0.15, 0.2) is 0 Å². The van der Waals surface area contributed by atoms with Crippen molar-refractivity contribution in [1.29, 1.82) is 0 Å². The summed E-state index contributed by atoms with van der Waals surface area (Å²) in [5.41, 5.74) is 2.22. The van der Waals surface area contributed by atoms with Crippen LogP contribution in [0, 0.1) is 0 Å². The standard InChI is InChI=1S/C11H11NO/c1-2-9-5-7-13-11(9)10-4-3-6-12-8-10/h2-6,8,11H,1,7H2. The third-order valence-corrected chi connectivity index (χ3v) is 2.11. The van der Waals surface area contributed by atoms with E-state index in [1.807, 2.05) is 30.5 Å². The van der Waals surface area contributed by atoms with Gasteiger partial charge in [0.1, 0.15) is 6.10 Å². The molecule has 1 aliphatic rings. The highest BCUT2D eigenvalue weighted by molar-refractivity contribution is 5.32. The van der Waals surface area contributed by atoms with Crippen LogP contribution in [0.2, 0.25) is 0 Å². The molecule has 0 bridgehead atoms. The van der Waals surface area contributed by atoms with Crippen molar-refractivity contribution in [2.75, 3.05) is 6.61 Å². The Balaban J connectivity index is 2.28. The number of aromatic nitrogens is 1. The number of pyridine rings is 1. The molecular formula is C11H11NO. The van der Waals surface area contributed by atoms with E-state index in [2.05, 4.69) is 11.6 Å². The molecule has 1 atom stereocenters. The maximum atomic E-state index is 5.54. The van der Waals surface area contributed by atoms with Gasteiger partial charge in [0.25, 0.3) is 0 Å². The van der Waals surface area contributed by atoms with Crippen LogP contribution in [0.5, 0.6) is 0 Å². The number of ether oxygens (including phenoxy) is 1. The highest BCUT2D eigenvalue weighted by atomic mass is 16.5. The lowest BCUT2D eigenvalue weighted by Crippen LogP contribution is -1.99. The summed E-state index contributed by atoms with van der Waals surface area (Å²) < 4.78 is 5.54. The monoisotopic (exact) mass is 173 g/mol. The summed E-state index contributed by atoms with van der Waals surface area (Å²) in [5.74, 6) is 0. The van der Waals surface area contributed by atoms with Crippen LogP contribution in [-0.4, -0.2) is 11.6 Å². The van der Waals surface area contributed by atoms with E-state index in [0.29, 0.717) is 6.61 Å². The van der Waals surface area contributed by atoms with E-state index >= 15 is 0 Å². The van der Waals surface area contributed by atoms with Gasteiger partial charge < -0.3 is 4.74 Å². The van der Waals surface area contributed by atoms with Gasteiger partial charge in [0.05, 0.1) is 6.61 Å². The van der Waals surface area contributed by atoms with E-state index in [1.165, 1.54) is 0 Å². The molecule has 1 aromatic heterocycles. The number of rotatable bonds is 2. The summed E-state index contributed by atoms with van der Waals surface area (Å²) in [6, 6.07) is 3.93. The highest BCUT2D eigenvalue weighted by Crippen LogP contribution is 2.29. The molecule has 0 radical (unpaired) electrons. The van der Waals surface area contributed by atoms with Crippen molar-refractivity contribution in [3.63, 3.8) is 0 Å². The molecule has 0 aliphatic carbocycles. The third-order valence-electron chi connectivity index (χ3n) is 2.11. The predicted octanol–water partition coefficient (Wildman–Crippen LogP) is 2.27. The summed E-state index contributed by atoms with van der Waals surface area (Å²) in [5, 5.41) is 0. The van der Waals surface area contributed by atoms with Gasteiger partial charge in [-0.1, -0.05) is 24.8 Å². The van der Waals surface area contributed by atoms with Crippen LogP contribution in [-0.2, 0) is 4.74 Å². The Hall–Kier alpha value is -1.41. The van der Waals surface area contributed by atoms with Gasteiger partial charge in [0, 0.05) is 18.0 Å². The minimum absolute atomic E-state index is 0.0335. The minimum Gasteiger partial charge on any atom is -0.365 e. The molecule has 0 spiro atoms. The van der Waals surface area contributed by atoms with E-state index in [-0.39, 0.29) is 6.10 Å². The van der Waals surface area contributed by atoms with Crippen molar-refractivity contribution < 1.29 is 4.74 Å². The third kappa shape index (κ3) is 1.53. The number of hydrogen-bond donors (Lipinski definition) is 0. The summed E-state index contributed by atoms with van der Waals surface area (Å²) in [4.78, 5) is 4.06. The summed E-state index contributed by atoms with van der Waals surface area (Å²) >= 11 is 0. The molecular weight excluding hydrogens is 162 g/mol. The predicted molar refractivity (Wildman–Crippen MR) is 51.2 cm³/mol. The highest BCUT2D eigenvalue weighted by Gasteiger charge is 2.19. The summed E-state index contributed by atoms with van der Waals surface area (Å²) in [7, 11) is 0. The minimum atomic E-state index is 0.0335. The first kappa shape index (κ1) is 8.20. The van der Waals surface area contributed by atoms with Crippen LogP contribution < -0.4 is 0 Å². The Morgan fingerprint density at radius 2 is 2.54 bits per heavy atom. The van der Waals surface area contributed by atoms with Crippen molar-refractivity contribution >= 4 is 0 Å². The lowest BCUT2D eigenvalue weighted by Gasteiger charge is -2.11. The molecule has 0 amide bonds. The van der Waals surface area contributed by atoms with E-state index in [9.17, 15) is 0 Å². The van der Waals surface area contributed by atoms with Gasteiger partial charge in [-0.2, -0.15) is 0 Å². The van der Waals surface area contributed by atoms with Crippen LogP contribution in [0.1, 0.15) is 11.7 Å². The normalized spacial score (nSPS) is 21.2. The zero-order valence-electron chi connectivity index (χ0n) is 7.31. The smallest absolute Gasteiger partial charge is 0.109 e. The van der Waals surface area contributed by atoms with Gasteiger partial charge in [-0.3, -0.25) is 4.98 Å². The van der Waals surface area contributed by atoms with E-state index in [4.69, 9.17) is 4.74 Å². The Morgan fingerprint density at radius 1 is 1.62 bits per heavy atom. The zero-order chi connectivity index (χ0) is 9.10. The first-order chi connectivity index (χ1) is 6.42. The second kappa shape index (κ2) is 3.54. The Labute approximate surface area is 77.6 Å². The second-order valence-electron chi connectivity index (χ2n) is 2.91. The average Bonchev–Trinajstić information content (AvgIpc) is 2.67. The molecule has 0 saturated heterocycles. The largest absolute Gasteiger partial charge is 0.365 e. The Kier molecular flexibility index (Phi) is 2.23. The molecule has 2 nitrogen and oxygen atoms in total. The van der Waals surface area contributed by atoms with E-state index in [1.54, 1.807) is 6.20 Å². The fraction of sp³-hybridized carbons (Fsp3) is 0.182. The number of nitrogens with zero attached hydrogens (tertiary/aromatic N) is 1. The number of hydrogen-bond acceptors (Lipinski definition) is 2. The molecule has 66 valence electrons. The quantitative estimate of drug-likeness (QED) is 0.684. The summed E-state index contributed by atoms with van der Waals surface area (Å²) in [6.07, 6.45) is 7.50. The van der Waals surface area contributed by atoms with Gasteiger partial charge >= 0.3 is 0 Å². The maximum Gasteiger partial charge on any atom is 0.109 e. The SMILES string of the molecule is C=CC1=CCOC1c1cccnc1. The molecule has 0 aromatic carbocycles. The fourth-order valence-electron chi connectivity index (χ4n) is 1.45. The van der Waals surface area contributed by atoms with Crippen molar-refractivity contribution in [2.45, 2.75) is 6.10 Å². The van der Waals surface area contributed by atoms with Gasteiger partial charge in [0.2, 0.25) is 0 Å². The lowest BCUT2D eigenvalue weighted by atomic mass is 10.1. The molecule has 2 heteroatoms. The molecule has 1 unspecified atom stereocenters. The molecule has 0 saturated carbocycles. The van der Waals surface area contributed by atoms with Crippen LogP contribution in [0.25, 0.3) is 0 Å². The topological polar surface area (TPSA) is 22.1 Å². The first-order valence-corrected chi connectivity index (χ1v) is 4.26. The molecule has 2 heterocycles. The molecule has 13 heavy (non-hydrogen) atoms. The fourth-order valence-corrected chi connectivity index (χ4v) is 1.45. The van der Waals surface area contributed by atoms with Gasteiger partial charge in [-0.15, -0.1) is 0 Å². The molecule has 1 aromatic rings. The molecule has 0 fully saturated rings. The van der Waals surface area contributed by atoms with Gasteiger partial charge in [-0.25, -0.2) is 0 Å². The lowest BCUT2D eigenvalue weighted by molar-refractivity contribution is 0.125. The average molecular weight is 173 g/mol. The zero-order valence-corrected chi connectivity index (χ0v) is 7.31. The first-order valence-electron chi connectivity index (χ1n) is 4.26. The molecule has 0 N–H and O–H groups in total. The van der Waals surface area contributed by atoms with E-state index < -0.39 is 0 Å².